The summed E-state index contributed by atoms with van der Waals surface area (Å²) in [6.07, 6.45) is 0.277. The van der Waals surface area contributed by atoms with Gasteiger partial charge in [-0.25, -0.2) is 0 Å². The van der Waals surface area contributed by atoms with Crippen LogP contribution in [0.25, 0.3) is 0 Å². The Morgan fingerprint density at radius 2 is 2.29 bits per heavy atom. The van der Waals surface area contributed by atoms with Crippen molar-refractivity contribution in [2.24, 2.45) is 0 Å². The van der Waals surface area contributed by atoms with Crippen LogP contribution in [-0.2, 0) is 4.74 Å². The maximum absolute atomic E-state index is 5.55. The molecule has 0 amide bonds. The van der Waals surface area contributed by atoms with Gasteiger partial charge in [-0.1, -0.05) is 0 Å². The van der Waals surface area contributed by atoms with Gasteiger partial charge in [0.15, 0.2) is 11.5 Å². The van der Waals surface area contributed by atoms with Gasteiger partial charge >= 0.3 is 0 Å². The number of benzene rings is 1. The van der Waals surface area contributed by atoms with E-state index in [0.29, 0.717) is 6.61 Å². The van der Waals surface area contributed by atoms with Crippen molar-refractivity contribution < 1.29 is 14.2 Å². The lowest BCUT2D eigenvalue weighted by Crippen LogP contribution is -2.05. The van der Waals surface area contributed by atoms with Crippen molar-refractivity contribution >= 4 is 22.6 Å². The molecule has 1 heterocycles. The summed E-state index contributed by atoms with van der Waals surface area (Å²) in [5, 5.41) is 0. The molecule has 1 unspecified atom stereocenters. The van der Waals surface area contributed by atoms with Gasteiger partial charge in [0.25, 0.3) is 0 Å². The van der Waals surface area contributed by atoms with E-state index >= 15 is 0 Å². The van der Waals surface area contributed by atoms with E-state index in [4.69, 9.17) is 14.2 Å². The molecule has 0 N–H and O–H groups in total. The van der Waals surface area contributed by atoms with Gasteiger partial charge < -0.3 is 14.2 Å². The maximum Gasteiger partial charge on any atom is 0.161 e. The van der Waals surface area contributed by atoms with Crippen molar-refractivity contribution in [2.45, 2.75) is 6.10 Å². The number of ether oxygens (including phenoxy) is 3. The van der Waals surface area contributed by atoms with E-state index in [2.05, 4.69) is 22.6 Å². The molecule has 1 saturated heterocycles. The standard InChI is InChI=1S/C10H11IO3/c1-12-10-4-7(11)2-3-9(10)14-6-8-5-13-8/h2-4,8H,5-6H2,1H3. The molecule has 0 aliphatic carbocycles. The van der Waals surface area contributed by atoms with E-state index < -0.39 is 0 Å². The highest BCUT2D eigenvalue weighted by Gasteiger charge is 2.23. The third-order valence-electron chi connectivity index (χ3n) is 1.95. The van der Waals surface area contributed by atoms with Crippen molar-refractivity contribution in [1.29, 1.82) is 0 Å². The Bertz CT molecular complexity index is 323. The second kappa shape index (κ2) is 4.35. The summed E-state index contributed by atoms with van der Waals surface area (Å²) in [5.41, 5.74) is 0. The van der Waals surface area contributed by atoms with Gasteiger partial charge in [0.1, 0.15) is 12.7 Å². The lowest BCUT2D eigenvalue weighted by Gasteiger charge is -2.09. The molecule has 0 saturated carbocycles. The summed E-state index contributed by atoms with van der Waals surface area (Å²) in [7, 11) is 1.64. The zero-order valence-corrected chi connectivity index (χ0v) is 9.98. The average Bonchev–Trinajstić information content (AvgIpc) is 2.99. The van der Waals surface area contributed by atoms with Crippen molar-refractivity contribution in [3.63, 3.8) is 0 Å². The van der Waals surface area contributed by atoms with Crippen LogP contribution in [-0.4, -0.2) is 26.4 Å². The first-order valence-corrected chi connectivity index (χ1v) is 5.45. The highest BCUT2D eigenvalue weighted by atomic mass is 127. The van der Waals surface area contributed by atoms with E-state index in [1.807, 2.05) is 18.2 Å². The highest BCUT2D eigenvalue weighted by molar-refractivity contribution is 14.1. The van der Waals surface area contributed by atoms with Gasteiger partial charge in [-0.15, -0.1) is 0 Å². The van der Waals surface area contributed by atoms with E-state index in [9.17, 15) is 0 Å². The Morgan fingerprint density at radius 1 is 1.50 bits per heavy atom. The van der Waals surface area contributed by atoms with E-state index in [0.717, 1.165) is 21.7 Å². The van der Waals surface area contributed by atoms with E-state index in [1.165, 1.54) is 0 Å². The molecule has 2 rings (SSSR count). The molecule has 1 atom stereocenters. The molecule has 1 aliphatic heterocycles. The number of hydrogen-bond acceptors (Lipinski definition) is 3. The van der Waals surface area contributed by atoms with Gasteiger partial charge in [-0.2, -0.15) is 0 Å². The van der Waals surface area contributed by atoms with Crippen LogP contribution in [0.5, 0.6) is 11.5 Å². The summed E-state index contributed by atoms with van der Waals surface area (Å²) in [6, 6.07) is 5.86. The van der Waals surface area contributed by atoms with Crippen molar-refractivity contribution in [3.8, 4) is 11.5 Å². The third-order valence-corrected chi connectivity index (χ3v) is 2.62. The zero-order valence-electron chi connectivity index (χ0n) is 7.83. The predicted octanol–water partition coefficient (Wildman–Crippen LogP) is 2.08. The second-order valence-corrected chi connectivity index (χ2v) is 4.31. The maximum atomic E-state index is 5.55. The minimum atomic E-state index is 0.277. The molecule has 0 aromatic heterocycles. The molecular weight excluding hydrogens is 295 g/mol. The Morgan fingerprint density at radius 3 is 2.93 bits per heavy atom. The van der Waals surface area contributed by atoms with Crippen LogP contribution in [0, 0.1) is 3.57 Å². The first-order valence-electron chi connectivity index (χ1n) is 4.37. The van der Waals surface area contributed by atoms with Gasteiger partial charge in [0, 0.05) is 3.57 Å². The van der Waals surface area contributed by atoms with Crippen LogP contribution in [0.2, 0.25) is 0 Å². The third kappa shape index (κ3) is 2.51. The van der Waals surface area contributed by atoms with Crippen LogP contribution < -0.4 is 9.47 Å². The Balaban J connectivity index is 2.05. The first-order chi connectivity index (χ1) is 6.79. The monoisotopic (exact) mass is 306 g/mol. The Labute approximate surface area is 96.5 Å². The number of methoxy groups -OCH3 is 1. The zero-order chi connectivity index (χ0) is 9.97. The van der Waals surface area contributed by atoms with Crippen LogP contribution in [0.3, 0.4) is 0 Å². The van der Waals surface area contributed by atoms with Crippen LogP contribution in [0.1, 0.15) is 0 Å². The molecule has 1 fully saturated rings. The molecule has 0 radical (unpaired) electrons. The smallest absolute Gasteiger partial charge is 0.161 e. The summed E-state index contributed by atoms with van der Waals surface area (Å²) in [4.78, 5) is 0. The summed E-state index contributed by atoms with van der Waals surface area (Å²) < 4.78 is 17.0. The largest absolute Gasteiger partial charge is 0.493 e. The Kier molecular flexibility index (Phi) is 3.12. The minimum Gasteiger partial charge on any atom is -0.493 e. The molecule has 1 aromatic carbocycles. The molecule has 1 aliphatic rings. The Hall–Kier alpha value is -0.490. The molecule has 1 aromatic rings. The molecule has 4 heteroatoms. The van der Waals surface area contributed by atoms with Gasteiger partial charge in [-0.05, 0) is 40.8 Å². The molecule has 0 spiro atoms. The van der Waals surface area contributed by atoms with Crippen molar-refractivity contribution in [3.05, 3.63) is 21.8 Å². The van der Waals surface area contributed by atoms with Crippen molar-refractivity contribution in [1.82, 2.24) is 0 Å². The lowest BCUT2D eigenvalue weighted by atomic mass is 10.3. The molecule has 76 valence electrons. The van der Waals surface area contributed by atoms with Gasteiger partial charge in [0.05, 0.1) is 13.7 Å². The van der Waals surface area contributed by atoms with Crippen LogP contribution >= 0.6 is 22.6 Å². The number of hydrogen-bond donors (Lipinski definition) is 0. The number of epoxide rings is 1. The fourth-order valence-corrected chi connectivity index (χ4v) is 1.57. The highest BCUT2D eigenvalue weighted by Crippen LogP contribution is 2.29. The molecule has 3 nitrogen and oxygen atoms in total. The minimum absolute atomic E-state index is 0.277. The van der Waals surface area contributed by atoms with Gasteiger partial charge in [-0.3, -0.25) is 0 Å². The van der Waals surface area contributed by atoms with Crippen LogP contribution in [0.15, 0.2) is 18.2 Å². The van der Waals surface area contributed by atoms with E-state index in [1.54, 1.807) is 7.11 Å². The van der Waals surface area contributed by atoms with Crippen LogP contribution in [0.4, 0.5) is 0 Å². The molecule has 14 heavy (non-hydrogen) atoms. The summed E-state index contributed by atoms with van der Waals surface area (Å²) in [6.45, 7) is 1.42. The van der Waals surface area contributed by atoms with Crippen molar-refractivity contribution in [2.75, 3.05) is 20.3 Å². The quantitative estimate of drug-likeness (QED) is 0.630. The van der Waals surface area contributed by atoms with Gasteiger partial charge in [0.2, 0.25) is 0 Å². The fraction of sp³-hybridized carbons (Fsp3) is 0.400. The SMILES string of the molecule is COc1cc(I)ccc1OCC1CO1. The molecular formula is C10H11IO3. The summed E-state index contributed by atoms with van der Waals surface area (Å²) in [5.74, 6) is 1.56. The lowest BCUT2D eigenvalue weighted by molar-refractivity contribution is 0.252. The summed E-state index contributed by atoms with van der Waals surface area (Å²) >= 11 is 2.24. The predicted molar refractivity (Wildman–Crippen MR) is 60.9 cm³/mol. The normalized spacial score (nSPS) is 19.1. The van der Waals surface area contributed by atoms with E-state index in [-0.39, 0.29) is 6.10 Å². The number of halogens is 1. The fourth-order valence-electron chi connectivity index (χ4n) is 1.11. The number of rotatable bonds is 4. The first kappa shape index (κ1) is 10.0. The average molecular weight is 306 g/mol. The topological polar surface area (TPSA) is 31.0 Å². The molecule has 0 bridgehead atoms. The second-order valence-electron chi connectivity index (χ2n) is 3.06.